The Morgan fingerprint density at radius 1 is 1.25 bits per heavy atom. The molecule has 0 aliphatic rings. The summed E-state index contributed by atoms with van der Waals surface area (Å²) in [6.45, 7) is 8.90. The van der Waals surface area contributed by atoms with Crippen molar-refractivity contribution in [3.63, 3.8) is 0 Å². The molecule has 1 atom stereocenters. The Bertz CT molecular complexity index is 306. The van der Waals surface area contributed by atoms with Gasteiger partial charge in [-0.25, -0.2) is 4.79 Å². The van der Waals surface area contributed by atoms with Crippen LogP contribution in [0.4, 0.5) is 4.79 Å². The summed E-state index contributed by atoms with van der Waals surface area (Å²) in [5.74, 6) is -1.13. The highest BCUT2D eigenvalue weighted by Gasteiger charge is 2.20. The molecule has 0 spiro atoms. The lowest BCUT2D eigenvalue weighted by molar-refractivity contribution is -0.142. The molecule has 0 aromatic rings. The van der Waals surface area contributed by atoms with E-state index in [9.17, 15) is 9.59 Å². The molecule has 0 fully saturated rings. The lowest BCUT2D eigenvalue weighted by Gasteiger charge is -2.21. The Morgan fingerprint density at radius 2 is 1.85 bits per heavy atom. The summed E-state index contributed by atoms with van der Waals surface area (Å²) in [6.07, 6.45) is 0.685. The van der Waals surface area contributed by atoms with Crippen LogP contribution in [0.5, 0.6) is 0 Å². The maximum Gasteiger partial charge on any atom is 0.317 e. The number of nitrogens with zero attached hydrogens (tertiary/aromatic N) is 1. The van der Waals surface area contributed by atoms with Gasteiger partial charge in [-0.3, -0.25) is 4.79 Å². The molecule has 2 N–H and O–H groups in total. The number of rotatable bonds is 9. The van der Waals surface area contributed by atoms with Crippen molar-refractivity contribution in [2.24, 2.45) is 11.8 Å². The molecule has 6 nitrogen and oxygen atoms in total. The standard InChI is InChI=1S/C14H28N2O4/c1-10(2)8-12(13(17)18)9-15-14(19)16(5)6-7-20-11(3)4/h10-12H,6-9H2,1-5H3,(H,15,19)(H,17,18). The molecule has 0 aliphatic carbocycles. The minimum Gasteiger partial charge on any atom is -0.481 e. The Balaban J connectivity index is 4.07. The van der Waals surface area contributed by atoms with Crippen LogP contribution < -0.4 is 5.32 Å². The summed E-state index contributed by atoms with van der Waals surface area (Å²) in [5, 5.41) is 11.7. The second kappa shape index (κ2) is 9.58. The molecule has 1 unspecified atom stereocenters. The minimum atomic E-state index is -0.871. The molecule has 0 bridgehead atoms. The van der Waals surface area contributed by atoms with Gasteiger partial charge in [0.05, 0.1) is 18.6 Å². The van der Waals surface area contributed by atoms with Crippen molar-refractivity contribution in [3.05, 3.63) is 0 Å². The third-order valence-corrected chi connectivity index (χ3v) is 2.83. The largest absolute Gasteiger partial charge is 0.481 e. The second-order valence-corrected chi connectivity index (χ2v) is 5.69. The van der Waals surface area contributed by atoms with Gasteiger partial charge in [-0.1, -0.05) is 13.8 Å². The molecule has 118 valence electrons. The first-order valence-electron chi connectivity index (χ1n) is 7.07. The summed E-state index contributed by atoms with van der Waals surface area (Å²) in [7, 11) is 1.66. The predicted molar refractivity (Wildman–Crippen MR) is 77.7 cm³/mol. The van der Waals surface area contributed by atoms with Crippen molar-refractivity contribution in [2.45, 2.75) is 40.2 Å². The molecule has 0 saturated carbocycles. The van der Waals surface area contributed by atoms with Crippen LogP contribution in [-0.2, 0) is 9.53 Å². The van der Waals surface area contributed by atoms with Gasteiger partial charge in [-0.05, 0) is 26.2 Å². The summed E-state index contributed by atoms with van der Waals surface area (Å²) >= 11 is 0. The number of carboxylic acids is 1. The van der Waals surface area contributed by atoms with Crippen LogP contribution in [0.2, 0.25) is 0 Å². The zero-order valence-corrected chi connectivity index (χ0v) is 13.2. The zero-order valence-electron chi connectivity index (χ0n) is 13.2. The van der Waals surface area contributed by atoms with Crippen molar-refractivity contribution in [3.8, 4) is 0 Å². The average Bonchev–Trinajstić information content (AvgIpc) is 2.32. The maximum atomic E-state index is 11.8. The van der Waals surface area contributed by atoms with E-state index < -0.39 is 11.9 Å². The van der Waals surface area contributed by atoms with E-state index in [4.69, 9.17) is 9.84 Å². The number of hydrogen-bond acceptors (Lipinski definition) is 3. The van der Waals surface area contributed by atoms with E-state index in [2.05, 4.69) is 5.32 Å². The first kappa shape index (κ1) is 18.7. The van der Waals surface area contributed by atoms with Crippen molar-refractivity contribution in [2.75, 3.05) is 26.7 Å². The van der Waals surface area contributed by atoms with Crippen molar-refractivity contribution >= 4 is 12.0 Å². The van der Waals surface area contributed by atoms with Gasteiger partial charge in [0.15, 0.2) is 0 Å². The van der Waals surface area contributed by atoms with Crippen LogP contribution in [0.25, 0.3) is 0 Å². The number of ether oxygens (including phenoxy) is 1. The molecule has 0 saturated heterocycles. The number of hydrogen-bond donors (Lipinski definition) is 2. The van der Waals surface area contributed by atoms with Crippen LogP contribution in [0.15, 0.2) is 0 Å². The van der Waals surface area contributed by atoms with E-state index in [0.717, 1.165) is 0 Å². The lowest BCUT2D eigenvalue weighted by atomic mass is 9.97. The summed E-state index contributed by atoms with van der Waals surface area (Å²) in [4.78, 5) is 24.4. The monoisotopic (exact) mass is 288 g/mol. The number of carbonyl (C=O) groups is 2. The van der Waals surface area contributed by atoms with E-state index in [1.807, 2.05) is 27.7 Å². The van der Waals surface area contributed by atoms with Crippen molar-refractivity contribution in [1.82, 2.24) is 10.2 Å². The highest BCUT2D eigenvalue weighted by molar-refractivity contribution is 5.75. The molecular formula is C14H28N2O4. The van der Waals surface area contributed by atoms with Gasteiger partial charge >= 0.3 is 12.0 Å². The van der Waals surface area contributed by atoms with Gasteiger partial charge in [0.1, 0.15) is 0 Å². The van der Waals surface area contributed by atoms with E-state index in [0.29, 0.717) is 19.6 Å². The number of carboxylic acid groups (broad SMARTS) is 1. The highest BCUT2D eigenvalue weighted by Crippen LogP contribution is 2.11. The summed E-state index contributed by atoms with van der Waals surface area (Å²) in [6, 6.07) is -0.271. The van der Waals surface area contributed by atoms with Crippen LogP contribution in [0, 0.1) is 11.8 Å². The van der Waals surface area contributed by atoms with Crippen LogP contribution in [-0.4, -0.2) is 54.9 Å². The normalized spacial score (nSPS) is 12.6. The van der Waals surface area contributed by atoms with Gasteiger partial charge in [-0.2, -0.15) is 0 Å². The third-order valence-electron chi connectivity index (χ3n) is 2.83. The molecule has 0 aliphatic heterocycles. The van der Waals surface area contributed by atoms with E-state index in [1.54, 1.807) is 7.05 Å². The van der Waals surface area contributed by atoms with Gasteiger partial charge in [0, 0.05) is 20.1 Å². The maximum absolute atomic E-state index is 11.8. The molecular weight excluding hydrogens is 260 g/mol. The Hall–Kier alpha value is -1.30. The smallest absolute Gasteiger partial charge is 0.317 e. The summed E-state index contributed by atoms with van der Waals surface area (Å²) in [5.41, 5.74) is 0. The molecule has 0 aromatic heterocycles. The second-order valence-electron chi connectivity index (χ2n) is 5.69. The van der Waals surface area contributed by atoms with E-state index in [1.165, 1.54) is 4.90 Å². The molecule has 0 radical (unpaired) electrons. The molecule has 20 heavy (non-hydrogen) atoms. The van der Waals surface area contributed by atoms with Gasteiger partial charge in [-0.15, -0.1) is 0 Å². The fourth-order valence-electron chi connectivity index (χ4n) is 1.71. The minimum absolute atomic E-state index is 0.133. The highest BCUT2D eigenvalue weighted by atomic mass is 16.5. The molecule has 0 heterocycles. The fraction of sp³-hybridized carbons (Fsp3) is 0.857. The first-order chi connectivity index (χ1) is 9.23. The number of carbonyl (C=O) groups excluding carboxylic acids is 1. The van der Waals surface area contributed by atoms with Gasteiger partial charge < -0.3 is 20.1 Å². The lowest BCUT2D eigenvalue weighted by Crippen LogP contribution is -2.42. The Morgan fingerprint density at radius 3 is 2.30 bits per heavy atom. The average molecular weight is 288 g/mol. The molecule has 6 heteroatoms. The SMILES string of the molecule is CC(C)CC(CNC(=O)N(C)CCOC(C)C)C(=O)O. The fourth-order valence-corrected chi connectivity index (χ4v) is 1.71. The van der Waals surface area contributed by atoms with Crippen LogP contribution in [0.1, 0.15) is 34.1 Å². The zero-order chi connectivity index (χ0) is 15.7. The topological polar surface area (TPSA) is 78.9 Å². The van der Waals surface area contributed by atoms with Gasteiger partial charge in [0.25, 0.3) is 0 Å². The quantitative estimate of drug-likeness (QED) is 0.678. The number of nitrogens with one attached hydrogen (secondary N) is 1. The van der Waals surface area contributed by atoms with E-state index >= 15 is 0 Å². The third kappa shape index (κ3) is 8.74. The summed E-state index contributed by atoms with van der Waals surface area (Å²) < 4.78 is 5.36. The number of aliphatic carboxylic acids is 1. The van der Waals surface area contributed by atoms with Crippen LogP contribution >= 0.6 is 0 Å². The number of urea groups is 1. The number of amides is 2. The van der Waals surface area contributed by atoms with Gasteiger partial charge in [0.2, 0.25) is 0 Å². The Kier molecular flexibility index (Phi) is 8.96. The number of likely N-dealkylation sites (N-methyl/N-ethyl adjacent to an activating group) is 1. The van der Waals surface area contributed by atoms with Crippen molar-refractivity contribution < 1.29 is 19.4 Å². The first-order valence-corrected chi connectivity index (χ1v) is 7.07. The molecule has 0 rings (SSSR count). The molecule has 0 aromatic carbocycles. The Labute approximate surface area is 121 Å². The molecule has 2 amide bonds. The van der Waals surface area contributed by atoms with Crippen molar-refractivity contribution in [1.29, 1.82) is 0 Å². The predicted octanol–water partition coefficient (Wildman–Crippen LogP) is 1.80. The van der Waals surface area contributed by atoms with E-state index in [-0.39, 0.29) is 24.6 Å². The van der Waals surface area contributed by atoms with Crippen LogP contribution in [0.3, 0.4) is 0 Å².